The van der Waals surface area contributed by atoms with Crippen LogP contribution in [0.2, 0.25) is 0 Å². The zero-order valence-corrected chi connectivity index (χ0v) is 12.6. The van der Waals surface area contributed by atoms with E-state index < -0.39 is 0 Å². The number of amides is 1. The number of fused-ring (bicyclic) bond motifs is 1. The molecule has 1 N–H and O–H groups in total. The Bertz CT molecular complexity index is 885. The molecule has 0 radical (unpaired) electrons. The molecule has 0 spiro atoms. The van der Waals surface area contributed by atoms with Crippen LogP contribution in [-0.2, 0) is 9.53 Å². The van der Waals surface area contributed by atoms with E-state index in [1.165, 1.54) is 6.92 Å². The average Bonchev–Trinajstić information content (AvgIpc) is 2.88. The van der Waals surface area contributed by atoms with Gasteiger partial charge in [-0.25, -0.2) is 14.6 Å². The van der Waals surface area contributed by atoms with Crippen molar-refractivity contribution in [2.45, 2.75) is 12.8 Å². The second kappa shape index (κ2) is 5.44. The summed E-state index contributed by atoms with van der Waals surface area (Å²) in [5, 5.41) is 7.97. The Morgan fingerprint density at radius 3 is 2.96 bits per heavy atom. The summed E-state index contributed by atoms with van der Waals surface area (Å²) in [7, 11) is 0. The van der Waals surface area contributed by atoms with Crippen LogP contribution in [0.25, 0.3) is 16.7 Å². The first-order valence-corrected chi connectivity index (χ1v) is 7.37. The van der Waals surface area contributed by atoms with Crippen molar-refractivity contribution in [3.63, 3.8) is 0 Å². The number of carbonyl (C=O) groups excluding carboxylic acids is 1. The lowest BCUT2D eigenvalue weighted by Crippen LogP contribution is -2.26. The second-order valence-corrected chi connectivity index (χ2v) is 5.52. The lowest BCUT2D eigenvalue weighted by Gasteiger charge is -2.25. The van der Waals surface area contributed by atoms with E-state index >= 15 is 0 Å². The van der Waals surface area contributed by atoms with E-state index in [0.29, 0.717) is 24.9 Å². The molecule has 4 heterocycles. The van der Waals surface area contributed by atoms with Gasteiger partial charge < -0.3 is 10.1 Å². The number of carbonyl (C=O) groups is 1. The first kappa shape index (κ1) is 13.8. The van der Waals surface area contributed by atoms with Crippen LogP contribution >= 0.6 is 0 Å². The van der Waals surface area contributed by atoms with Gasteiger partial charge in [0, 0.05) is 30.5 Å². The SMILES string of the molecule is CC(=O)Nc1cc2c(cn1)cnn2-c1cccc(C2COC2)n1. The summed E-state index contributed by atoms with van der Waals surface area (Å²) >= 11 is 0. The molecule has 1 saturated heterocycles. The Kier molecular flexibility index (Phi) is 3.27. The highest BCUT2D eigenvalue weighted by atomic mass is 16.5. The van der Waals surface area contributed by atoms with Gasteiger partial charge in [0.1, 0.15) is 5.82 Å². The molecule has 0 unspecified atom stereocenters. The van der Waals surface area contributed by atoms with Crippen LogP contribution in [0, 0.1) is 0 Å². The fraction of sp³-hybridized carbons (Fsp3) is 0.250. The third kappa shape index (κ3) is 2.55. The number of pyridine rings is 2. The number of ether oxygens (including phenoxy) is 1. The summed E-state index contributed by atoms with van der Waals surface area (Å²) in [5.41, 5.74) is 1.85. The highest BCUT2D eigenvalue weighted by Gasteiger charge is 2.22. The lowest BCUT2D eigenvalue weighted by atomic mass is 10.0. The van der Waals surface area contributed by atoms with Crippen LogP contribution in [0.15, 0.2) is 36.7 Å². The van der Waals surface area contributed by atoms with E-state index in [0.717, 1.165) is 22.4 Å². The van der Waals surface area contributed by atoms with Gasteiger partial charge in [0.15, 0.2) is 5.82 Å². The van der Waals surface area contributed by atoms with Crippen LogP contribution < -0.4 is 5.32 Å². The minimum Gasteiger partial charge on any atom is -0.380 e. The van der Waals surface area contributed by atoms with Gasteiger partial charge in [-0.2, -0.15) is 5.10 Å². The molecule has 1 aliphatic rings. The number of anilines is 1. The summed E-state index contributed by atoms with van der Waals surface area (Å²) in [4.78, 5) is 20.1. The fourth-order valence-corrected chi connectivity index (χ4v) is 2.54. The molecule has 0 atom stereocenters. The third-order valence-corrected chi connectivity index (χ3v) is 3.79. The Labute approximate surface area is 132 Å². The van der Waals surface area contributed by atoms with Crippen molar-refractivity contribution in [2.75, 3.05) is 18.5 Å². The van der Waals surface area contributed by atoms with Crippen molar-refractivity contribution in [1.82, 2.24) is 19.7 Å². The molecule has 3 aromatic rings. The van der Waals surface area contributed by atoms with Crippen LogP contribution in [0.3, 0.4) is 0 Å². The van der Waals surface area contributed by atoms with Gasteiger partial charge in [0.25, 0.3) is 0 Å². The molecule has 7 nitrogen and oxygen atoms in total. The molecule has 3 aromatic heterocycles. The highest BCUT2D eigenvalue weighted by molar-refractivity contribution is 5.90. The maximum Gasteiger partial charge on any atom is 0.222 e. The predicted molar refractivity (Wildman–Crippen MR) is 84.5 cm³/mol. The molecule has 116 valence electrons. The number of hydrogen-bond donors (Lipinski definition) is 1. The van der Waals surface area contributed by atoms with Crippen molar-refractivity contribution in [3.05, 3.63) is 42.4 Å². The first-order chi connectivity index (χ1) is 11.2. The Hall–Kier alpha value is -2.80. The standard InChI is InChI=1S/C16H15N5O2/c1-10(22)19-15-5-14-11(6-17-15)7-18-21(14)16-4-2-3-13(20-16)12-8-23-9-12/h2-7,12H,8-9H2,1H3,(H,17,19,22). The maximum absolute atomic E-state index is 11.2. The van der Waals surface area contributed by atoms with Crippen LogP contribution in [-0.4, -0.2) is 38.9 Å². The van der Waals surface area contributed by atoms with E-state index in [1.54, 1.807) is 23.1 Å². The minimum absolute atomic E-state index is 0.159. The summed E-state index contributed by atoms with van der Waals surface area (Å²) in [6, 6.07) is 7.69. The third-order valence-electron chi connectivity index (χ3n) is 3.79. The molecule has 0 aliphatic carbocycles. The smallest absolute Gasteiger partial charge is 0.222 e. The van der Waals surface area contributed by atoms with E-state index in [1.807, 2.05) is 18.2 Å². The normalized spacial score (nSPS) is 14.7. The number of rotatable bonds is 3. The molecular weight excluding hydrogens is 294 g/mol. The second-order valence-electron chi connectivity index (χ2n) is 5.52. The van der Waals surface area contributed by atoms with Crippen LogP contribution in [0.5, 0.6) is 0 Å². The summed E-state index contributed by atoms with van der Waals surface area (Å²) < 4.78 is 6.99. The van der Waals surface area contributed by atoms with E-state index in [2.05, 4.69) is 15.4 Å². The summed E-state index contributed by atoms with van der Waals surface area (Å²) in [6.07, 6.45) is 3.43. The Morgan fingerprint density at radius 2 is 2.22 bits per heavy atom. The minimum atomic E-state index is -0.159. The van der Waals surface area contributed by atoms with Crippen molar-refractivity contribution in [3.8, 4) is 5.82 Å². The van der Waals surface area contributed by atoms with Gasteiger partial charge in [-0.3, -0.25) is 4.79 Å². The predicted octanol–water partition coefficient (Wildman–Crippen LogP) is 1.89. The quantitative estimate of drug-likeness (QED) is 0.799. The molecule has 0 aromatic carbocycles. The number of nitrogens with zero attached hydrogens (tertiary/aromatic N) is 4. The molecule has 1 amide bonds. The van der Waals surface area contributed by atoms with E-state index in [9.17, 15) is 4.79 Å². The number of aromatic nitrogens is 4. The highest BCUT2D eigenvalue weighted by Crippen LogP contribution is 2.24. The Balaban J connectivity index is 1.77. The van der Waals surface area contributed by atoms with Gasteiger partial charge in [-0.15, -0.1) is 0 Å². The molecule has 4 rings (SSSR count). The molecule has 1 aliphatic heterocycles. The van der Waals surface area contributed by atoms with Crippen molar-refractivity contribution in [2.24, 2.45) is 0 Å². The molecule has 1 fully saturated rings. The average molecular weight is 309 g/mol. The zero-order chi connectivity index (χ0) is 15.8. The van der Waals surface area contributed by atoms with Crippen molar-refractivity contribution >= 4 is 22.6 Å². The van der Waals surface area contributed by atoms with E-state index in [4.69, 9.17) is 9.72 Å². The van der Waals surface area contributed by atoms with Crippen molar-refractivity contribution < 1.29 is 9.53 Å². The lowest BCUT2D eigenvalue weighted by molar-refractivity contribution is -0.114. The Morgan fingerprint density at radius 1 is 1.35 bits per heavy atom. The van der Waals surface area contributed by atoms with Gasteiger partial charge in [-0.1, -0.05) is 6.07 Å². The topological polar surface area (TPSA) is 81.9 Å². The molecule has 23 heavy (non-hydrogen) atoms. The molecule has 0 bridgehead atoms. The van der Waals surface area contributed by atoms with Crippen molar-refractivity contribution in [1.29, 1.82) is 0 Å². The fourth-order valence-electron chi connectivity index (χ4n) is 2.54. The monoisotopic (exact) mass is 309 g/mol. The summed E-state index contributed by atoms with van der Waals surface area (Å²) in [6.45, 7) is 2.88. The summed E-state index contributed by atoms with van der Waals surface area (Å²) in [5.74, 6) is 1.43. The van der Waals surface area contributed by atoms with E-state index in [-0.39, 0.29) is 5.91 Å². The van der Waals surface area contributed by atoms with Gasteiger partial charge in [0.2, 0.25) is 5.91 Å². The molecule has 0 saturated carbocycles. The largest absolute Gasteiger partial charge is 0.380 e. The van der Waals surface area contributed by atoms with Gasteiger partial charge in [0.05, 0.1) is 30.6 Å². The number of hydrogen-bond acceptors (Lipinski definition) is 5. The maximum atomic E-state index is 11.2. The van der Waals surface area contributed by atoms with Gasteiger partial charge in [-0.05, 0) is 12.1 Å². The van der Waals surface area contributed by atoms with Crippen LogP contribution in [0.1, 0.15) is 18.5 Å². The van der Waals surface area contributed by atoms with Crippen LogP contribution in [0.4, 0.5) is 5.82 Å². The molecular formula is C16H15N5O2. The molecule has 7 heteroatoms. The van der Waals surface area contributed by atoms with Gasteiger partial charge >= 0.3 is 0 Å². The number of nitrogens with one attached hydrogen (secondary N) is 1. The first-order valence-electron chi connectivity index (χ1n) is 7.37. The zero-order valence-electron chi connectivity index (χ0n) is 12.6.